The molecule has 5 heteroatoms. The van der Waals surface area contributed by atoms with Crippen molar-refractivity contribution >= 4 is 5.91 Å². The van der Waals surface area contributed by atoms with Crippen LogP contribution in [0.15, 0.2) is 0 Å². The Hall–Kier alpha value is -0.650. The summed E-state index contributed by atoms with van der Waals surface area (Å²) in [7, 11) is 0. The van der Waals surface area contributed by atoms with Crippen molar-refractivity contribution in [2.45, 2.75) is 44.2 Å². The number of carbonyl (C=O) groups excluding carboxylic acids is 1. The van der Waals surface area contributed by atoms with Gasteiger partial charge in [-0.1, -0.05) is 0 Å². The minimum Gasteiger partial charge on any atom is -0.392 e. The first kappa shape index (κ1) is 14.3. The Balaban J connectivity index is 1.42. The number of nitrogens with one attached hydrogen (secondary N) is 1. The summed E-state index contributed by atoms with van der Waals surface area (Å²) >= 11 is 0. The van der Waals surface area contributed by atoms with Crippen LogP contribution in [0.4, 0.5) is 0 Å². The molecule has 3 rings (SSSR count). The summed E-state index contributed by atoms with van der Waals surface area (Å²) in [5.74, 6) is 0.959. The number of piperidine rings is 1. The van der Waals surface area contributed by atoms with Crippen molar-refractivity contribution < 1.29 is 9.90 Å². The molecule has 20 heavy (non-hydrogen) atoms. The molecule has 0 aliphatic carbocycles. The summed E-state index contributed by atoms with van der Waals surface area (Å²) in [6, 6.07) is -0.153. The van der Waals surface area contributed by atoms with Gasteiger partial charge in [0.1, 0.15) is 0 Å². The normalized spacial score (nSPS) is 33.0. The molecule has 0 aromatic heterocycles. The monoisotopic (exact) mass is 281 g/mol. The molecule has 0 saturated carbocycles. The summed E-state index contributed by atoms with van der Waals surface area (Å²) in [5.41, 5.74) is 0. The van der Waals surface area contributed by atoms with E-state index in [1.165, 1.54) is 32.5 Å². The van der Waals surface area contributed by atoms with Gasteiger partial charge in [-0.25, -0.2) is 0 Å². The fourth-order valence-corrected chi connectivity index (χ4v) is 3.79. The molecule has 2 unspecified atom stereocenters. The molecular weight excluding hydrogens is 254 g/mol. The molecule has 2 N–H and O–H groups in total. The number of nitrogens with zero attached hydrogens (tertiary/aromatic N) is 2. The average molecular weight is 281 g/mol. The van der Waals surface area contributed by atoms with E-state index in [0.29, 0.717) is 13.0 Å². The van der Waals surface area contributed by atoms with E-state index in [0.717, 1.165) is 31.8 Å². The average Bonchev–Trinajstić information content (AvgIpc) is 3.10. The van der Waals surface area contributed by atoms with Gasteiger partial charge in [0.2, 0.25) is 5.91 Å². The molecule has 1 amide bonds. The van der Waals surface area contributed by atoms with Gasteiger partial charge in [-0.05, 0) is 51.1 Å². The molecule has 3 fully saturated rings. The van der Waals surface area contributed by atoms with Gasteiger partial charge in [-0.3, -0.25) is 4.79 Å². The molecule has 3 saturated heterocycles. The van der Waals surface area contributed by atoms with Crippen LogP contribution in [0.1, 0.15) is 32.1 Å². The third-order valence-corrected chi connectivity index (χ3v) is 5.05. The third kappa shape index (κ3) is 3.32. The number of hydrogen-bond acceptors (Lipinski definition) is 4. The van der Waals surface area contributed by atoms with E-state index in [4.69, 9.17) is 0 Å². The van der Waals surface area contributed by atoms with Gasteiger partial charge in [-0.2, -0.15) is 0 Å². The zero-order valence-electron chi connectivity index (χ0n) is 12.3. The summed E-state index contributed by atoms with van der Waals surface area (Å²) in [5, 5.41) is 12.6. The molecule has 0 aromatic rings. The lowest BCUT2D eigenvalue weighted by Crippen LogP contribution is -2.48. The van der Waals surface area contributed by atoms with E-state index in [9.17, 15) is 9.90 Å². The lowest BCUT2D eigenvalue weighted by atomic mass is 9.95. The van der Waals surface area contributed by atoms with E-state index in [2.05, 4.69) is 10.2 Å². The molecule has 0 aromatic carbocycles. The summed E-state index contributed by atoms with van der Waals surface area (Å²) in [6.07, 6.45) is 5.21. The highest BCUT2D eigenvalue weighted by atomic mass is 16.3. The number of amides is 1. The quantitative estimate of drug-likeness (QED) is 0.767. The lowest BCUT2D eigenvalue weighted by Gasteiger charge is -2.35. The number of hydrogen-bond donors (Lipinski definition) is 2. The van der Waals surface area contributed by atoms with Crippen molar-refractivity contribution in [1.82, 2.24) is 15.1 Å². The maximum atomic E-state index is 12.3. The van der Waals surface area contributed by atoms with Gasteiger partial charge < -0.3 is 20.2 Å². The SMILES string of the molecule is O=C(C1CC(O)CN1)N1CCC(CN2CCCC2)CC1. The zero-order chi connectivity index (χ0) is 13.9. The summed E-state index contributed by atoms with van der Waals surface area (Å²) in [4.78, 5) is 16.9. The number of carbonyl (C=O) groups is 1. The molecule has 3 aliphatic rings. The second-order valence-electron chi connectivity index (χ2n) is 6.63. The standard InChI is InChI=1S/C15H27N3O2/c19-13-9-14(16-10-13)15(20)18-7-3-12(4-8-18)11-17-5-1-2-6-17/h12-14,16,19H,1-11H2. The molecule has 0 spiro atoms. The van der Waals surface area contributed by atoms with Gasteiger partial charge in [0.05, 0.1) is 12.1 Å². The fourth-order valence-electron chi connectivity index (χ4n) is 3.79. The summed E-state index contributed by atoms with van der Waals surface area (Å²) in [6.45, 7) is 6.10. The van der Waals surface area contributed by atoms with Crippen LogP contribution < -0.4 is 5.32 Å². The van der Waals surface area contributed by atoms with Crippen molar-refractivity contribution in [1.29, 1.82) is 0 Å². The highest BCUT2D eigenvalue weighted by Crippen LogP contribution is 2.22. The van der Waals surface area contributed by atoms with Gasteiger partial charge in [0.15, 0.2) is 0 Å². The smallest absolute Gasteiger partial charge is 0.239 e. The molecular formula is C15H27N3O2. The minimum absolute atomic E-state index is 0.153. The summed E-state index contributed by atoms with van der Waals surface area (Å²) < 4.78 is 0. The Morgan fingerprint density at radius 2 is 1.85 bits per heavy atom. The van der Waals surface area contributed by atoms with Gasteiger partial charge in [0, 0.05) is 26.2 Å². The van der Waals surface area contributed by atoms with Crippen LogP contribution in [0.2, 0.25) is 0 Å². The zero-order valence-corrected chi connectivity index (χ0v) is 12.3. The molecule has 5 nitrogen and oxygen atoms in total. The molecule has 2 atom stereocenters. The van der Waals surface area contributed by atoms with Crippen LogP contribution in [0.3, 0.4) is 0 Å². The van der Waals surface area contributed by atoms with Crippen LogP contribution in [0.5, 0.6) is 0 Å². The minimum atomic E-state index is -0.350. The van der Waals surface area contributed by atoms with Crippen molar-refractivity contribution in [2.75, 3.05) is 39.3 Å². The first-order chi connectivity index (χ1) is 9.72. The molecule has 0 bridgehead atoms. The Kier molecular flexibility index (Phi) is 4.58. The van der Waals surface area contributed by atoms with Crippen LogP contribution in [0, 0.1) is 5.92 Å². The number of likely N-dealkylation sites (tertiary alicyclic amines) is 2. The molecule has 3 heterocycles. The van der Waals surface area contributed by atoms with Gasteiger partial charge in [-0.15, -0.1) is 0 Å². The Morgan fingerprint density at radius 3 is 2.45 bits per heavy atom. The number of aliphatic hydroxyl groups is 1. The number of β-amino-alcohol motifs (C(OH)–C–C–N with tert-alkyl or cyclic N) is 1. The lowest BCUT2D eigenvalue weighted by molar-refractivity contribution is -0.134. The van der Waals surface area contributed by atoms with Crippen molar-refractivity contribution in [3.63, 3.8) is 0 Å². The van der Waals surface area contributed by atoms with Crippen molar-refractivity contribution in [3.8, 4) is 0 Å². The number of rotatable bonds is 3. The first-order valence-electron chi connectivity index (χ1n) is 8.15. The topological polar surface area (TPSA) is 55.8 Å². The highest BCUT2D eigenvalue weighted by Gasteiger charge is 2.33. The predicted octanol–water partition coefficient (Wildman–Crippen LogP) is 0.0436. The maximum Gasteiger partial charge on any atom is 0.239 e. The molecule has 114 valence electrons. The Morgan fingerprint density at radius 1 is 1.15 bits per heavy atom. The van der Waals surface area contributed by atoms with E-state index < -0.39 is 0 Å². The largest absolute Gasteiger partial charge is 0.392 e. The van der Waals surface area contributed by atoms with E-state index in [1.807, 2.05) is 4.90 Å². The Labute approximate surface area is 121 Å². The second kappa shape index (κ2) is 6.41. The van der Waals surface area contributed by atoms with E-state index in [-0.39, 0.29) is 18.1 Å². The van der Waals surface area contributed by atoms with Gasteiger partial charge in [0.25, 0.3) is 0 Å². The fraction of sp³-hybridized carbons (Fsp3) is 0.933. The van der Waals surface area contributed by atoms with Crippen LogP contribution in [0.25, 0.3) is 0 Å². The molecule has 0 radical (unpaired) electrons. The van der Waals surface area contributed by atoms with Gasteiger partial charge >= 0.3 is 0 Å². The van der Waals surface area contributed by atoms with Crippen LogP contribution in [-0.2, 0) is 4.79 Å². The van der Waals surface area contributed by atoms with Crippen molar-refractivity contribution in [2.24, 2.45) is 5.92 Å². The first-order valence-corrected chi connectivity index (χ1v) is 8.15. The predicted molar refractivity (Wildman–Crippen MR) is 77.4 cm³/mol. The second-order valence-corrected chi connectivity index (χ2v) is 6.63. The maximum absolute atomic E-state index is 12.3. The highest BCUT2D eigenvalue weighted by molar-refractivity contribution is 5.82. The van der Waals surface area contributed by atoms with E-state index >= 15 is 0 Å². The third-order valence-electron chi connectivity index (χ3n) is 5.05. The van der Waals surface area contributed by atoms with Crippen molar-refractivity contribution in [3.05, 3.63) is 0 Å². The Bertz CT molecular complexity index is 336. The van der Waals surface area contributed by atoms with E-state index in [1.54, 1.807) is 0 Å². The van der Waals surface area contributed by atoms with Crippen LogP contribution >= 0.6 is 0 Å². The van der Waals surface area contributed by atoms with Crippen LogP contribution in [-0.4, -0.2) is 72.2 Å². The number of aliphatic hydroxyl groups excluding tert-OH is 1. The molecule has 3 aliphatic heterocycles.